The van der Waals surface area contributed by atoms with Crippen molar-refractivity contribution in [1.82, 2.24) is 24.4 Å². The number of amides is 1. The summed E-state index contributed by atoms with van der Waals surface area (Å²) in [4.78, 5) is 34.6. The lowest BCUT2D eigenvalue weighted by Gasteiger charge is -2.41. The Morgan fingerprint density at radius 1 is 0.955 bits per heavy atom. The summed E-state index contributed by atoms with van der Waals surface area (Å²) >= 11 is 0. The minimum atomic E-state index is -0.987. The summed E-state index contributed by atoms with van der Waals surface area (Å²) in [6.45, 7) is 0. The highest BCUT2D eigenvalue weighted by atomic mass is 16.4. The number of nitrogens with one attached hydrogen (secondary N) is 1. The van der Waals surface area contributed by atoms with E-state index in [1.807, 2.05) is 60.3 Å². The van der Waals surface area contributed by atoms with Gasteiger partial charge in [0, 0.05) is 42.8 Å². The Morgan fingerprint density at radius 2 is 1.77 bits per heavy atom. The maximum absolute atomic E-state index is 13.9. The fourth-order valence-corrected chi connectivity index (χ4v) is 7.35. The van der Waals surface area contributed by atoms with Crippen LogP contribution in [0, 0.1) is 0 Å². The average Bonchev–Trinajstić information content (AvgIpc) is 3.51. The third-order valence-corrected chi connectivity index (χ3v) is 9.73. The number of carbonyl (C=O) groups is 2. The molecule has 2 N–H and O–H groups in total. The molecule has 2 aromatic carbocycles. The van der Waals surface area contributed by atoms with Crippen LogP contribution in [-0.4, -0.2) is 36.1 Å². The molecular weight excluding hydrogens is 550 g/mol. The second kappa shape index (κ2) is 11.1. The number of fused-ring (bicyclic) bond motifs is 2. The van der Waals surface area contributed by atoms with Gasteiger partial charge in [-0.05, 0) is 91.6 Å². The van der Waals surface area contributed by atoms with E-state index in [2.05, 4.69) is 29.1 Å². The first-order valence-corrected chi connectivity index (χ1v) is 15.6. The van der Waals surface area contributed by atoms with Gasteiger partial charge in [-0.15, -0.1) is 0 Å². The molecule has 0 spiro atoms. The molecule has 8 nitrogen and oxygen atoms in total. The quantitative estimate of drug-likeness (QED) is 0.198. The highest BCUT2D eigenvalue weighted by Crippen LogP contribution is 2.44. The molecule has 2 saturated carbocycles. The van der Waals surface area contributed by atoms with Crippen LogP contribution in [0.2, 0.25) is 0 Å². The number of aliphatic carboxylic acids is 1. The van der Waals surface area contributed by atoms with Crippen molar-refractivity contribution in [2.45, 2.75) is 62.8 Å². The van der Waals surface area contributed by atoms with Crippen LogP contribution in [0.4, 0.5) is 0 Å². The standard InChI is InChI=1S/C36H37N5O3/c1-40-29-22-25(14-15-26(29)32(24-9-4-3-5-10-24)33(40)28-11-6-7-20-37-28)34(44)39-36(18-8-19-36)35-38-27-16-12-23(13-17-31(42)43)21-30(27)41(35)2/h6-7,11-17,20-22,24H,3-5,8-10,18-19H2,1-2H3,(H,39,44)(H,42,43)/b17-13+. The predicted octanol–water partition coefficient (Wildman–Crippen LogP) is 7.08. The van der Waals surface area contributed by atoms with Crippen LogP contribution >= 0.6 is 0 Å². The van der Waals surface area contributed by atoms with Gasteiger partial charge in [-0.3, -0.25) is 9.78 Å². The summed E-state index contributed by atoms with van der Waals surface area (Å²) in [5, 5.41) is 13.6. The molecule has 224 valence electrons. The summed E-state index contributed by atoms with van der Waals surface area (Å²) < 4.78 is 4.25. The van der Waals surface area contributed by atoms with E-state index in [4.69, 9.17) is 15.1 Å². The van der Waals surface area contributed by atoms with Gasteiger partial charge in [0.25, 0.3) is 5.91 Å². The van der Waals surface area contributed by atoms with Crippen LogP contribution < -0.4 is 5.32 Å². The molecule has 2 aliphatic carbocycles. The Balaban J connectivity index is 1.24. The number of aryl methyl sites for hydroxylation is 2. The zero-order chi connectivity index (χ0) is 30.4. The van der Waals surface area contributed by atoms with Gasteiger partial charge in [0.1, 0.15) is 5.82 Å². The Labute approximate surface area is 256 Å². The molecule has 0 atom stereocenters. The number of carbonyl (C=O) groups excluding carboxylic acids is 1. The monoisotopic (exact) mass is 587 g/mol. The number of hydrogen-bond acceptors (Lipinski definition) is 4. The molecular formula is C36H37N5O3. The molecule has 1 amide bonds. The summed E-state index contributed by atoms with van der Waals surface area (Å²) in [7, 11) is 4.05. The molecule has 0 radical (unpaired) electrons. The van der Waals surface area contributed by atoms with Crippen LogP contribution in [0.3, 0.4) is 0 Å². The number of carboxylic acids is 1. The van der Waals surface area contributed by atoms with Crippen molar-refractivity contribution in [2.24, 2.45) is 14.1 Å². The third kappa shape index (κ3) is 4.78. The topological polar surface area (TPSA) is 102 Å². The van der Waals surface area contributed by atoms with E-state index in [-0.39, 0.29) is 5.91 Å². The van der Waals surface area contributed by atoms with Crippen molar-refractivity contribution in [3.8, 4) is 11.4 Å². The van der Waals surface area contributed by atoms with Gasteiger partial charge in [-0.1, -0.05) is 37.5 Å². The van der Waals surface area contributed by atoms with Gasteiger partial charge < -0.3 is 19.6 Å². The first-order valence-electron chi connectivity index (χ1n) is 15.6. The third-order valence-electron chi connectivity index (χ3n) is 9.73. The first kappa shape index (κ1) is 28.1. The number of hydrogen-bond donors (Lipinski definition) is 2. The van der Waals surface area contributed by atoms with Gasteiger partial charge in [0.2, 0.25) is 0 Å². The van der Waals surface area contributed by atoms with Crippen LogP contribution in [0.15, 0.2) is 66.9 Å². The van der Waals surface area contributed by atoms with E-state index in [1.165, 1.54) is 43.1 Å². The molecule has 2 aliphatic rings. The largest absolute Gasteiger partial charge is 0.478 e. The molecule has 0 unspecified atom stereocenters. The van der Waals surface area contributed by atoms with Gasteiger partial charge in [-0.2, -0.15) is 0 Å². The maximum atomic E-state index is 13.9. The van der Waals surface area contributed by atoms with Crippen molar-refractivity contribution < 1.29 is 14.7 Å². The fraction of sp³-hybridized carbons (Fsp3) is 0.333. The van der Waals surface area contributed by atoms with Crippen LogP contribution in [-0.2, 0) is 24.4 Å². The Morgan fingerprint density at radius 3 is 2.48 bits per heavy atom. The SMILES string of the molecule is Cn1c(C2(NC(=O)c3ccc4c(C5CCCCC5)c(-c5ccccn5)n(C)c4c3)CCC2)nc2ccc(/C=C/C(=O)O)cc21. The Kier molecular flexibility index (Phi) is 7.07. The van der Waals surface area contributed by atoms with Gasteiger partial charge in [0.05, 0.1) is 28.0 Å². The summed E-state index contributed by atoms with van der Waals surface area (Å²) in [6.07, 6.45) is 13.3. The van der Waals surface area contributed by atoms with Crippen molar-refractivity contribution in [3.05, 3.63) is 89.4 Å². The second-order valence-electron chi connectivity index (χ2n) is 12.4. The van der Waals surface area contributed by atoms with E-state index in [0.717, 1.165) is 64.7 Å². The number of aromatic nitrogens is 4. The average molecular weight is 588 g/mol. The molecule has 7 rings (SSSR count). The number of carboxylic acid groups (broad SMARTS) is 1. The smallest absolute Gasteiger partial charge is 0.328 e. The molecule has 44 heavy (non-hydrogen) atoms. The number of benzene rings is 2. The molecule has 0 bridgehead atoms. The molecule has 0 saturated heterocycles. The lowest BCUT2D eigenvalue weighted by Crippen LogP contribution is -2.52. The zero-order valence-electron chi connectivity index (χ0n) is 25.2. The lowest BCUT2D eigenvalue weighted by molar-refractivity contribution is -0.131. The number of pyridine rings is 1. The highest BCUT2D eigenvalue weighted by Gasteiger charge is 2.44. The molecule has 2 fully saturated rings. The van der Waals surface area contributed by atoms with Crippen molar-refractivity contribution >= 4 is 39.9 Å². The van der Waals surface area contributed by atoms with Crippen LogP contribution in [0.1, 0.15) is 84.6 Å². The van der Waals surface area contributed by atoms with Crippen LogP contribution in [0.25, 0.3) is 39.4 Å². The second-order valence-corrected chi connectivity index (χ2v) is 12.4. The number of nitrogens with zero attached hydrogens (tertiary/aromatic N) is 4. The molecule has 5 aromatic rings. The molecule has 0 aliphatic heterocycles. The summed E-state index contributed by atoms with van der Waals surface area (Å²) in [5.41, 5.74) is 7.10. The van der Waals surface area contributed by atoms with E-state index in [0.29, 0.717) is 11.5 Å². The summed E-state index contributed by atoms with van der Waals surface area (Å²) in [5.74, 6) is 0.214. The van der Waals surface area contributed by atoms with Crippen molar-refractivity contribution in [2.75, 3.05) is 0 Å². The normalized spacial score (nSPS) is 16.9. The van der Waals surface area contributed by atoms with E-state index >= 15 is 0 Å². The van der Waals surface area contributed by atoms with E-state index < -0.39 is 11.5 Å². The minimum Gasteiger partial charge on any atom is -0.478 e. The highest BCUT2D eigenvalue weighted by molar-refractivity contribution is 6.01. The van der Waals surface area contributed by atoms with Gasteiger partial charge in [-0.25, -0.2) is 9.78 Å². The minimum absolute atomic E-state index is 0.108. The number of rotatable bonds is 7. The number of imidazole rings is 1. The predicted molar refractivity (Wildman–Crippen MR) is 172 cm³/mol. The molecule has 3 heterocycles. The van der Waals surface area contributed by atoms with Crippen molar-refractivity contribution in [1.29, 1.82) is 0 Å². The molecule has 8 heteroatoms. The first-order chi connectivity index (χ1) is 21.3. The maximum Gasteiger partial charge on any atom is 0.328 e. The van der Waals surface area contributed by atoms with Crippen LogP contribution in [0.5, 0.6) is 0 Å². The molecule has 3 aromatic heterocycles. The zero-order valence-corrected chi connectivity index (χ0v) is 25.2. The fourth-order valence-electron chi connectivity index (χ4n) is 7.35. The van der Waals surface area contributed by atoms with Gasteiger partial charge >= 0.3 is 5.97 Å². The van der Waals surface area contributed by atoms with Crippen molar-refractivity contribution in [3.63, 3.8) is 0 Å². The lowest BCUT2D eigenvalue weighted by atomic mass is 9.75. The van der Waals surface area contributed by atoms with Gasteiger partial charge in [0.15, 0.2) is 0 Å². The summed E-state index contributed by atoms with van der Waals surface area (Å²) in [6, 6.07) is 17.9. The van der Waals surface area contributed by atoms with E-state index in [1.54, 1.807) is 6.08 Å². The van der Waals surface area contributed by atoms with E-state index in [9.17, 15) is 9.59 Å². The Hall–Kier alpha value is -4.72. The Bertz CT molecular complexity index is 1920.